The zero-order valence-electron chi connectivity index (χ0n) is 23.6. The standard InChI is InChI=1S/C30H30ClF2N9/c1-16-24-19(6-5-7-22(24)39-38-16)27(23-14-42(41-40-23)30(8-9-30)28(32)33)37-18-10-20-25(36-15-29(2,3)4)17(12-34)13-35-26(20)21(31)11-18/h5-7,10-11,13-14,27-28,37H,8-9,15H2,1-4H3,(H,35,36)(H,38,39). The summed E-state index contributed by atoms with van der Waals surface area (Å²) in [7, 11) is 0. The van der Waals surface area contributed by atoms with Crippen LogP contribution in [0.15, 0.2) is 42.7 Å². The normalized spacial score (nSPS) is 15.2. The van der Waals surface area contributed by atoms with Crippen molar-refractivity contribution in [2.24, 2.45) is 5.41 Å². The van der Waals surface area contributed by atoms with Gasteiger partial charge in [0.05, 0.1) is 39.5 Å². The lowest BCUT2D eigenvalue weighted by molar-refractivity contribution is 0.0593. The minimum Gasteiger partial charge on any atom is -0.383 e. The molecule has 1 saturated carbocycles. The number of aryl methyl sites for hydroxylation is 1. The summed E-state index contributed by atoms with van der Waals surface area (Å²) in [5, 5.41) is 34.7. The van der Waals surface area contributed by atoms with E-state index in [1.54, 1.807) is 12.3 Å². The van der Waals surface area contributed by atoms with Crippen LogP contribution >= 0.6 is 11.6 Å². The molecule has 0 radical (unpaired) electrons. The molecule has 3 N–H and O–H groups in total. The summed E-state index contributed by atoms with van der Waals surface area (Å²) in [5.41, 5.74) is 3.83. The Morgan fingerprint density at radius 1 is 1.24 bits per heavy atom. The number of aromatic nitrogens is 6. The molecule has 6 rings (SSSR count). The SMILES string of the molecule is Cc1[nH]nc2cccc(C(Nc3cc(Cl)c4ncc(C#N)c(NCC(C)(C)C)c4c3)c3cn(C4(C(F)F)CC4)nn3)c12. The maximum atomic E-state index is 13.9. The number of H-pyrrole nitrogens is 1. The van der Waals surface area contributed by atoms with Crippen LogP contribution in [-0.4, -0.2) is 43.1 Å². The van der Waals surface area contributed by atoms with E-state index in [0.29, 0.717) is 57.9 Å². The van der Waals surface area contributed by atoms with Crippen molar-refractivity contribution in [2.45, 2.75) is 58.5 Å². The van der Waals surface area contributed by atoms with Gasteiger partial charge < -0.3 is 10.6 Å². The predicted octanol–water partition coefficient (Wildman–Crippen LogP) is 6.95. The number of hydrogen-bond donors (Lipinski definition) is 3. The summed E-state index contributed by atoms with van der Waals surface area (Å²) in [6.07, 6.45) is 1.27. The van der Waals surface area contributed by atoms with Gasteiger partial charge >= 0.3 is 0 Å². The Labute approximate surface area is 246 Å². The van der Waals surface area contributed by atoms with Gasteiger partial charge in [-0.1, -0.05) is 49.7 Å². The van der Waals surface area contributed by atoms with Gasteiger partial charge in [-0.05, 0) is 48.9 Å². The highest BCUT2D eigenvalue weighted by Crippen LogP contribution is 2.48. The van der Waals surface area contributed by atoms with E-state index < -0.39 is 18.0 Å². The molecule has 5 aromatic rings. The van der Waals surface area contributed by atoms with Crippen LogP contribution in [0.1, 0.15) is 62.2 Å². The van der Waals surface area contributed by atoms with Crippen LogP contribution in [0.5, 0.6) is 0 Å². The molecule has 1 aliphatic rings. The molecular formula is C30H30ClF2N9. The fraction of sp³-hybridized carbons (Fsp3) is 0.367. The Morgan fingerprint density at radius 2 is 2.02 bits per heavy atom. The number of aromatic amines is 1. The van der Waals surface area contributed by atoms with Crippen molar-refractivity contribution in [3.05, 3.63) is 70.3 Å². The number of fused-ring (bicyclic) bond motifs is 2. The third kappa shape index (κ3) is 4.90. The second kappa shape index (κ2) is 10.2. The van der Waals surface area contributed by atoms with E-state index in [0.717, 1.165) is 22.2 Å². The van der Waals surface area contributed by atoms with Gasteiger partial charge in [0.2, 0.25) is 0 Å². The Bertz CT molecular complexity index is 1840. The maximum Gasteiger partial charge on any atom is 0.263 e. The van der Waals surface area contributed by atoms with Crippen LogP contribution in [0.3, 0.4) is 0 Å². The molecule has 2 aromatic carbocycles. The summed E-state index contributed by atoms with van der Waals surface area (Å²) >= 11 is 6.76. The summed E-state index contributed by atoms with van der Waals surface area (Å²) in [6, 6.07) is 11.0. The van der Waals surface area contributed by atoms with Crippen LogP contribution in [0, 0.1) is 23.7 Å². The first-order valence-corrected chi connectivity index (χ1v) is 14.1. The minimum atomic E-state index is -2.54. The number of alkyl halides is 2. The highest BCUT2D eigenvalue weighted by Gasteiger charge is 2.54. The van der Waals surface area contributed by atoms with Gasteiger partial charge in [0.1, 0.15) is 17.3 Å². The number of benzene rings is 2. The van der Waals surface area contributed by atoms with E-state index in [1.807, 2.05) is 31.2 Å². The van der Waals surface area contributed by atoms with E-state index in [1.165, 1.54) is 10.9 Å². The van der Waals surface area contributed by atoms with Gasteiger partial charge in [-0.2, -0.15) is 10.4 Å². The highest BCUT2D eigenvalue weighted by molar-refractivity contribution is 6.35. The number of anilines is 2. The zero-order chi connectivity index (χ0) is 29.8. The van der Waals surface area contributed by atoms with Crippen molar-refractivity contribution >= 4 is 44.8 Å². The molecule has 1 unspecified atom stereocenters. The lowest BCUT2D eigenvalue weighted by Gasteiger charge is -2.23. The summed E-state index contributed by atoms with van der Waals surface area (Å²) in [5.74, 6) is 0. The zero-order valence-corrected chi connectivity index (χ0v) is 24.4. The molecule has 3 heterocycles. The molecule has 1 atom stereocenters. The number of nitriles is 1. The molecule has 216 valence electrons. The van der Waals surface area contributed by atoms with Crippen LogP contribution in [0.4, 0.5) is 20.2 Å². The molecule has 12 heteroatoms. The lowest BCUT2D eigenvalue weighted by Crippen LogP contribution is -2.26. The van der Waals surface area contributed by atoms with Crippen molar-refractivity contribution < 1.29 is 8.78 Å². The topological polar surface area (TPSA) is 120 Å². The van der Waals surface area contributed by atoms with Crippen LogP contribution < -0.4 is 10.6 Å². The Morgan fingerprint density at radius 3 is 2.71 bits per heavy atom. The first-order valence-electron chi connectivity index (χ1n) is 13.7. The lowest BCUT2D eigenvalue weighted by atomic mass is 9.96. The van der Waals surface area contributed by atoms with Crippen molar-refractivity contribution in [3.63, 3.8) is 0 Å². The number of hydrogen-bond acceptors (Lipinski definition) is 7. The van der Waals surface area contributed by atoms with Crippen molar-refractivity contribution in [1.29, 1.82) is 5.26 Å². The monoisotopic (exact) mass is 589 g/mol. The number of halogens is 3. The second-order valence-corrected chi connectivity index (χ2v) is 12.5. The first-order chi connectivity index (χ1) is 20.0. The maximum absolute atomic E-state index is 13.9. The van der Waals surface area contributed by atoms with E-state index in [-0.39, 0.29) is 5.41 Å². The minimum absolute atomic E-state index is 0.0445. The van der Waals surface area contributed by atoms with Gasteiger partial charge in [0, 0.05) is 34.9 Å². The van der Waals surface area contributed by atoms with Gasteiger partial charge in [0.15, 0.2) is 0 Å². The van der Waals surface area contributed by atoms with E-state index >= 15 is 0 Å². The summed E-state index contributed by atoms with van der Waals surface area (Å²) < 4.78 is 29.1. The molecule has 9 nitrogen and oxygen atoms in total. The quantitative estimate of drug-likeness (QED) is 0.179. The van der Waals surface area contributed by atoms with Crippen molar-refractivity contribution in [2.75, 3.05) is 17.2 Å². The van der Waals surface area contributed by atoms with Crippen molar-refractivity contribution in [1.82, 2.24) is 30.2 Å². The predicted molar refractivity (Wildman–Crippen MR) is 159 cm³/mol. The molecule has 0 bridgehead atoms. The van der Waals surface area contributed by atoms with E-state index in [4.69, 9.17) is 11.6 Å². The molecular weight excluding hydrogens is 560 g/mol. The second-order valence-electron chi connectivity index (χ2n) is 12.1. The Hall–Kier alpha value is -4.30. The van der Waals surface area contributed by atoms with Gasteiger partial charge in [-0.15, -0.1) is 5.10 Å². The third-order valence-electron chi connectivity index (χ3n) is 7.69. The molecule has 0 saturated heterocycles. The number of rotatable bonds is 8. The number of nitrogens with one attached hydrogen (secondary N) is 3. The number of nitrogens with zero attached hydrogens (tertiary/aromatic N) is 6. The Balaban J connectivity index is 1.49. The van der Waals surface area contributed by atoms with Gasteiger partial charge in [-0.3, -0.25) is 10.1 Å². The molecule has 42 heavy (non-hydrogen) atoms. The van der Waals surface area contributed by atoms with Crippen molar-refractivity contribution in [3.8, 4) is 6.07 Å². The molecule has 1 aliphatic carbocycles. The van der Waals surface area contributed by atoms with Crippen LogP contribution in [0.25, 0.3) is 21.8 Å². The fourth-order valence-corrected chi connectivity index (χ4v) is 5.52. The number of pyridine rings is 1. The van der Waals surface area contributed by atoms with Crippen LogP contribution in [0.2, 0.25) is 5.02 Å². The molecule has 3 aromatic heterocycles. The average Bonchev–Trinajstić information content (AvgIpc) is 3.47. The molecule has 0 amide bonds. The van der Waals surface area contributed by atoms with Crippen LogP contribution in [-0.2, 0) is 5.54 Å². The van der Waals surface area contributed by atoms with E-state index in [9.17, 15) is 14.0 Å². The first kappa shape index (κ1) is 27.8. The molecule has 1 fully saturated rings. The van der Waals surface area contributed by atoms with E-state index in [2.05, 4.69) is 63.0 Å². The molecule has 0 aliphatic heterocycles. The fourth-order valence-electron chi connectivity index (χ4n) is 5.25. The smallest absolute Gasteiger partial charge is 0.263 e. The highest BCUT2D eigenvalue weighted by atomic mass is 35.5. The molecule has 0 spiro atoms. The third-order valence-corrected chi connectivity index (χ3v) is 7.98. The largest absolute Gasteiger partial charge is 0.383 e. The van der Waals surface area contributed by atoms with Gasteiger partial charge in [0.25, 0.3) is 6.43 Å². The summed E-state index contributed by atoms with van der Waals surface area (Å²) in [4.78, 5) is 4.46. The summed E-state index contributed by atoms with van der Waals surface area (Å²) in [6.45, 7) is 8.86. The average molecular weight is 590 g/mol. The Kier molecular flexibility index (Phi) is 6.77. The van der Waals surface area contributed by atoms with Gasteiger partial charge in [-0.25, -0.2) is 13.5 Å².